The van der Waals surface area contributed by atoms with E-state index in [9.17, 15) is 4.79 Å². The van der Waals surface area contributed by atoms with Gasteiger partial charge in [0.15, 0.2) is 11.5 Å². The molecule has 0 unspecified atom stereocenters. The molecule has 0 aliphatic heterocycles. The Kier molecular flexibility index (Phi) is 4.80. The van der Waals surface area contributed by atoms with Crippen molar-refractivity contribution in [1.82, 2.24) is 4.98 Å². The molecule has 21 heavy (non-hydrogen) atoms. The Bertz CT molecular complexity index is 652. The molecule has 0 saturated carbocycles. The summed E-state index contributed by atoms with van der Waals surface area (Å²) in [6, 6.07) is 3.91. The fraction of sp³-hybridized carbons (Fsp3) is 0.333. The van der Waals surface area contributed by atoms with Gasteiger partial charge in [-0.25, -0.2) is 0 Å². The van der Waals surface area contributed by atoms with Gasteiger partial charge in [0.25, 0.3) is 0 Å². The summed E-state index contributed by atoms with van der Waals surface area (Å²) >= 11 is 1.33. The average Bonchev–Trinajstić information content (AvgIpc) is 2.81. The Hall–Kier alpha value is -2.08. The highest BCUT2D eigenvalue weighted by Crippen LogP contribution is 2.43. The quantitative estimate of drug-likeness (QED) is 0.801. The molecule has 0 spiro atoms. The lowest BCUT2D eigenvalue weighted by Crippen LogP contribution is -2.03. The first-order valence-corrected chi connectivity index (χ1v) is 7.53. The lowest BCUT2D eigenvalue weighted by atomic mass is 10.2. The second-order valence-electron chi connectivity index (χ2n) is 4.60. The van der Waals surface area contributed by atoms with Gasteiger partial charge in [0.05, 0.1) is 29.9 Å². The molecular weight excluding hydrogens is 286 g/mol. The number of aromatic nitrogens is 1. The van der Waals surface area contributed by atoms with Gasteiger partial charge in [-0.05, 0) is 18.6 Å². The van der Waals surface area contributed by atoms with Crippen LogP contribution < -0.4 is 15.8 Å². The third kappa shape index (κ3) is 3.16. The Morgan fingerprint density at radius 3 is 2.90 bits per heavy atom. The summed E-state index contributed by atoms with van der Waals surface area (Å²) in [5.41, 5.74) is 8.47. The monoisotopic (exact) mass is 305 g/mol. The summed E-state index contributed by atoms with van der Waals surface area (Å²) < 4.78 is 5.32. The van der Waals surface area contributed by atoms with Crippen LogP contribution in [0.15, 0.2) is 18.3 Å². The molecule has 2 heterocycles. The van der Waals surface area contributed by atoms with Crippen LogP contribution in [0.3, 0.4) is 0 Å². The summed E-state index contributed by atoms with van der Waals surface area (Å²) in [5.74, 6) is 0.559. The zero-order chi connectivity index (χ0) is 15.4. The maximum atomic E-state index is 11.9. The van der Waals surface area contributed by atoms with Crippen molar-refractivity contribution in [1.29, 1.82) is 0 Å². The Balaban J connectivity index is 2.24. The third-order valence-electron chi connectivity index (χ3n) is 3.21. The molecule has 3 N–H and O–H groups in total. The maximum Gasteiger partial charge on any atom is 0.176 e. The van der Waals surface area contributed by atoms with Crippen LogP contribution in [0, 0.1) is 6.92 Å². The first-order chi connectivity index (χ1) is 10.1. The van der Waals surface area contributed by atoms with Crippen LogP contribution in [0.25, 0.3) is 0 Å². The zero-order valence-electron chi connectivity index (χ0n) is 12.4. The van der Waals surface area contributed by atoms with Crippen LogP contribution in [0.2, 0.25) is 0 Å². The smallest absolute Gasteiger partial charge is 0.176 e. The highest BCUT2D eigenvalue weighted by Gasteiger charge is 2.20. The van der Waals surface area contributed by atoms with Crippen molar-refractivity contribution >= 4 is 27.8 Å². The number of anilines is 2. The minimum Gasteiger partial charge on any atom is -0.492 e. The van der Waals surface area contributed by atoms with Gasteiger partial charge in [-0.3, -0.25) is 9.78 Å². The first kappa shape index (κ1) is 15.3. The number of hydrogen-bond acceptors (Lipinski definition) is 6. The van der Waals surface area contributed by atoms with E-state index in [4.69, 9.17) is 10.5 Å². The van der Waals surface area contributed by atoms with Crippen molar-refractivity contribution < 1.29 is 9.53 Å². The summed E-state index contributed by atoms with van der Waals surface area (Å²) in [4.78, 5) is 16.8. The number of nitrogens with one attached hydrogen (secondary N) is 1. The van der Waals surface area contributed by atoms with Gasteiger partial charge in [-0.2, -0.15) is 0 Å². The topological polar surface area (TPSA) is 77.2 Å². The number of aryl methyl sites for hydroxylation is 1. The van der Waals surface area contributed by atoms with E-state index in [1.54, 1.807) is 13.3 Å². The standard InChI is InChI=1S/C15H19N3O2S/c1-4-11(19)14-12(16)13(20-3)15(21-14)18-8-10-9(2)6-5-7-17-10/h5-7,18H,4,8,16H2,1-3H3. The second-order valence-corrected chi connectivity index (χ2v) is 5.63. The molecule has 2 aromatic heterocycles. The SMILES string of the molecule is CCC(=O)c1sc(NCc2ncccc2C)c(OC)c1N. The van der Waals surface area contributed by atoms with Gasteiger partial charge in [0, 0.05) is 12.6 Å². The predicted molar refractivity (Wildman–Crippen MR) is 86.2 cm³/mol. The molecule has 112 valence electrons. The highest BCUT2D eigenvalue weighted by atomic mass is 32.1. The van der Waals surface area contributed by atoms with Gasteiger partial charge in [0.2, 0.25) is 0 Å². The van der Waals surface area contributed by atoms with Crippen molar-refractivity contribution in [3.63, 3.8) is 0 Å². The highest BCUT2D eigenvalue weighted by molar-refractivity contribution is 7.19. The molecule has 2 aromatic rings. The minimum absolute atomic E-state index is 0.0258. The molecule has 0 aliphatic rings. The van der Waals surface area contributed by atoms with E-state index >= 15 is 0 Å². The number of hydrogen-bond donors (Lipinski definition) is 2. The number of ketones is 1. The molecule has 6 heteroatoms. The van der Waals surface area contributed by atoms with Crippen molar-refractivity contribution in [2.75, 3.05) is 18.2 Å². The van der Waals surface area contributed by atoms with Crippen molar-refractivity contribution in [3.05, 3.63) is 34.5 Å². The number of carbonyl (C=O) groups excluding carboxylic acids is 1. The molecule has 0 atom stereocenters. The molecule has 0 aliphatic carbocycles. The van der Waals surface area contributed by atoms with Crippen molar-refractivity contribution in [2.24, 2.45) is 0 Å². The number of rotatable bonds is 6. The van der Waals surface area contributed by atoms with Crippen molar-refractivity contribution in [3.8, 4) is 5.75 Å². The van der Waals surface area contributed by atoms with E-state index in [-0.39, 0.29) is 5.78 Å². The third-order valence-corrected chi connectivity index (χ3v) is 4.40. The number of carbonyl (C=O) groups is 1. The number of thiophene rings is 1. The number of nitrogen functional groups attached to an aromatic ring is 1. The summed E-state index contributed by atoms with van der Waals surface area (Å²) in [6.07, 6.45) is 2.18. The van der Waals surface area contributed by atoms with E-state index < -0.39 is 0 Å². The van der Waals surface area contributed by atoms with Crippen LogP contribution in [0.4, 0.5) is 10.7 Å². The first-order valence-electron chi connectivity index (χ1n) is 6.72. The molecule has 0 fully saturated rings. The maximum absolute atomic E-state index is 11.9. The van der Waals surface area contributed by atoms with Gasteiger partial charge in [-0.15, -0.1) is 11.3 Å². The molecule has 0 amide bonds. The average molecular weight is 305 g/mol. The zero-order valence-corrected chi connectivity index (χ0v) is 13.2. The van der Waals surface area contributed by atoms with Crippen LogP contribution in [-0.4, -0.2) is 17.9 Å². The number of ether oxygens (including phenoxy) is 1. The van der Waals surface area contributed by atoms with Gasteiger partial charge in [0.1, 0.15) is 5.00 Å². The molecule has 5 nitrogen and oxygen atoms in total. The van der Waals surface area contributed by atoms with Gasteiger partial charge < -0.3 is 15.8 Å². The number of methoxy groups -OCH3 is 1. The lowest BCUT2D eigenvalue weighted by molar-refractivity contribution is 0.0992. The Morgan fingerprint density at radius 2 is 2.29 bits per heavy atom. The minimum atomic E-state index is 0.0258. The van der Waals surface area contributed by atoms with E-state index in [0.717, 1.165) is 16.3 Å². The van der Waals surface area contributed by atoms with E-state index in [2.05, 4.69) is 10.3 Å². The molecule has 0 radical (unpaired) electrons. The van der Waals surface area contributed by atoms with Gasteiger partial charge in [-0.1, -0.05) is 13.0 Å². The predicted octanol–water partition coefficient (Wildman–Crippen LogP) is 3.25. The summed E-state index contributed by atoms with van der Waals surface area (Å²) in [7, 11) is 1.55. The molecule has 2 rings (SSSR count). The van der Waals surface area contributed by atoms with E-state index in [1.165, 1.54) is 11.3 Å². The number of Topliss-reactive ketones (excluding diaryl/α,β-unsaturated/α-hetero) is 1. The number of pyridine rings is 1. The fourth-order valence-corrected chi connectivity index (χ4v) is 3.08. The summed E-state index contributed by atoms with van der Waals surface area (Å²) in [5, 5.41) is 4.02. The van der Waals surface area contributed by atoms with Crippen molar-refractivity contribution in [2.45, 2.75) is 26.8 Å². The fourth-order valence-electron chi connectivity index (χ4n) is 1.98. The number of nitrogens with zero attached hydrogens (tertiary/aromatic N) is 1. The summed E-state index contributed by atoms with van der Waals surface area (Å²) in [6.45, 7) is 4.39. The largest absolute Gasteiger partial charge is 0.492 e. The Labute approximate surface area is 128 Å². The van der Waals surface area contributed by atoms with Crippen LogP contribution >= 0.6 is 11.3 Å². The van der Waals surface area contributed by atoms with E-state index in [0.29, 0.717) is 29.3 Å². The molecule has 0 saturated heterocycles. The molecular formula is C15H19N3O2S. The number of nitrogens with two attached hydrogens (primary N) is 1. The van der Waals surface area contributed by atoms with Crippen LogP contribution in [0.5, 0.6) is 5.75 Å². The lowest BCUT2D eigenvalue weighted by Gasteiger charge is -2.08. The Morgan fingerprint density at radius 1 is 1.52 bits per heavy atom. The normalized spacial score (nSPS) is 10.4. The van der Waals surface area contributed by atoms with E-state index in [1.807, 2.05) is 26.0 Å². The molecule has 0 aromatic carbocycles. The van der Waals surface area contributed by atoms with Gasteiger partial charge >= 0.3 is 0 Å². The molecule has 0 bridgehead atoms. The van der Waals surface area contributed by atoms with Crippen LogP contribution in [-0.2, 0) is 6.54 Å². The second kappa shape index (κ2) is 6.58. The van der Waals surface area contributed by atoms with Crippen LogP contribution in [0.1, 0.15) is 34.3 Å².